The Morgan fingerprint density at radius 1 is 1.19 bits per heavy atom. The van der Waals surface area contributed by atoms with Crippen LogP contribution >= 0.6 is 11.3 Å². The summed E-state index contributed by atoms with van der Waals surface area (Å²) in [6.45, 7) is 5.38. The lowest BCUT2D eigenvalue weighted by atomic mass is 10.1. The Labute approximate surface area is 163 Å². The summed E-state index contributed by atoms with van der Waals surface area (Å²) in [5, 5.41) is -0.00853. The van der Waals surface area contributed by atoms with Crippen molar-refractivity contribution < 1.29 is 17.9 Å². The highest BCUT2D eigenvalue weighted by molar-refractivity contribution is 7.92. The Bertz CT molecular complexity index is 930. The smallest absolute Gasteiger partial charge is 0.183 e. The molecule has 3 heterocycles. The number of thiazole rings is 1. The number of rotatable bonds is 4. The van der Waals surface area contributed by atoms with E-state index in [4.69, 9.17) is 15.2 Å². The highest BCUT2D eigenvalue weighted by Crippen LogP contribution is 2.37. The summed E-state index contributed by atoms with van der Waals surface area (Å²) in [4.78, 5) is 7.70. The first-order valence-corrected chi connectivity index (χ1v) is 11.3. The molecule has 1 atom stereocenters. The van der Waals surface area contributed by atoms with Crippen molar-refractivity contribution in [2.24, 2.45) is 0 Å². The van der Waals surface area contributed by atoms with Crippen molar-refractivity contribution in [1.82, 2.24) is 4.98 Å². The quantitative estimate of drug-likeness (QED) is 0.826. The molecule has 2 saturated heterocycles. The largest absolute Gasteiger partial charge is 0.380 e. The van der Waals surface area contributed by atoms with Gasteiger partial charge in [-0.1, -0.05) is 11.3 Å². The Morgan fingerprint density at radius 3 is 2.59 bits per heavy atom. The predicted molar refractivity (Wildman–Crippen MR) is 106 cm³/mol. The normalized spacial score (nSPS) is 20.9. The van der Waals surface area contributed by atoms with Crippen LogP contribution in [0.25, 0.3) is 10.4 Å². The van der Waals surface area contributed by atoms with E-state index >= 15 is 0 Å². The fraction of sp³-hybridized carbons (Fsp3) is 0.500. The second-order valence-corrected chi connectivity index (χ2v) is 10.1. The highest BCUT2D eigenvalue weighted by atomic mass is 32.2. The minimum Gasteiger partial charge on any atom is -0.380 e. The number of anilines is 2. The number of hydrogen-bond acceptors (Lipinski definition) is 8. The molecule has 1 aromatic heterocycles. The van der Waals surface area contributed by atoms with Gasteiger partial charge in [-0.25, -0.2) is 13.4 Å². The third-order valence-electron chi connectivity index (χ3n) is 5.00. The number of benzene rings is 1. The van der Waals surface area contributed by atoms with Crippen LogP contribution in [0.3, 0.4) is 0 Å². The topological polar surface area (TPSA) is 94.7 Å². The van der Waals surface area contributed by atoms with E-state index in [0.717, 1.165) is 34.9 Å². The van der Waals surface area contributed by atoms with Gasteiger partial charge in [0.1, 0.15) is 0 Å². The van der Waals surface area contributed by atoms with Gasteiger partial charge >= 0.3 is 0 Å². The van der Waals surface area contributed by atoms with Gasteiger partial charge in [-0.2, -0.15) is 0 Å². The molecule has 7 nitrogen and oxygen atoms in total. The SMILES string of the molecule is Cc1nc(N)sc1-c1cc(N2CCOCC2)cc(S(=O)(=O)[C@H]2CCOC2)c1. The van der Waals surface area contributed by atoms with E-state index < -0.39 is 15.1 Å². The molecular weight excluding hydrogens is 386 g/mol. The zero-order valence-electron chi connectivity index (χ0n) is 15.2. The minimum absolute atomic E-state index is 0.256. The van der Waals surface area contributed by atoms with E-state index in [2.05, 4.69) is 9.88 Å². The van der Waals surface area contributed by atoms with Gasteiger partial charge in [-0.3, -0.25) is 0 Å². The number of sulfone groups is 1. The molecule has 0 unspecified atom stereocenters. The van der Waals surface area contributed by atoms with Crippen molar-refractivity contribution in [2.45, 2.75) is 23.5 Å². The maximum atomic E-state index is 13.2. The molecule has 0 spiro atoms. The monoisotopic (exact) mass is 409 g/mol. The molecule has 0 aliphatic carbocycles. The lowest BCUT2D eigenvalue weighted by Gasteiger charge is -2.29. The summed E-state index contributed by atoms with van der Waals surface area (Å²) in [6.07, 6.45) is 0.534. The van der Waals surface area contributed by atoms with Gasteiger partial charge in [0, 0.05) is 25.4 Å². The van der Waals surface area contributed by atoms with Crippen molar-refractivity contribution in [2.75, 3.05) is 50.2 Å². The van der Waals surface area contributed by atoms with Crippen LogP contribution in [0, 0.1) is 6.92 Å². The zero-order chi connectivity index (χ0) is 19.0. The lowest BCUT2D eigenvalue weighted by Crippen LogP contribution is -2.36. The van der Waals surface area contributed by atoms with Crippen LogP contribution in [0.2, 0.25) is 0 Å². The number of nitrogens with two attached hydrogens (primary N) is 1. The van der Waals surface area contributed by atoms with E-state index in [1.807, 2.05) is 13.0 Å². The second-order valence-electron chi connectivity index (χ2n) is 6.81. The first kappa shape index (κ1) is 18.7. The van der Waals surface area contributed by atoms with E-state index in [9.17, 15) is 8.42 Å². The van der Waals surface area contributed by atoms with Crippen molar-refractivity contribution in [3.63, 3.8) is 0 Å². The molecule has 1 aromatic carbocycles. The molecule has 146 valence electrons. The van der Waals surface area contributed by atoms with Crippen molar-refractivity contribution >= 4 is 32.0 Å². The first-order chi connectivity index (χ1) is 12.9. The Hall–Kier alpha value is -1.68. The van der Waals surface area contributed by atoms with Crippen LogP contribution in [0.15, 0.2) is 23.1 Å². The van der Waals surface area contributed by atoms with Crippen LogP contribution in [0.1, 0.15) is 12.1 Å². The molecule has 0 bridgehead atoms. The van der Waals surface area contributed by atoms with Gasteiger partial charge in [0.25, 0.3) is 0 Å². The molecule has 2 fully saturated rings. The third-order valence-corrected chi connectivity index (χ3v) is 8.18. The number of hydrogen-bond donors (Lipinski definition) is 1. The average Bonchev–Trinajstić information content (AvgIpc) is 3.32. The maximum Gasteiger partial charge on any atom is 0.183 e. The number of morpholine rings is 1. The van der Waals surface area contributed by atoms with Crippen molar-refractivity contribution in [3.05, 3.63) is 23.9 Å². The van der Waals surface area contributed by atoms with E-state index in [1.54, 1.807) is 12.1 Å². The van der Waals surface area contributed by atoms with Crippen LogP contribution in [-0.2, 0) is 19.3 Å². The third kappa shape index (κ3) is 3.69. The van der Waals surface area contributed by atoms with Crippen LogP contribution in [-0.4, -0.2) is 58.2 Å². The Balaban J connectivity index is 1.82. The van der Waals surface area contributed by atoms with Gasteiger partial charge in [0.2, 0.25) is 0 Å². The molecule has 0 radical (unpaired) electrons. The summed E-state index contributed by atoms with van der Waals surface area (Å²) in [6, 6.07) is 5.55. The molecule has 2 aliphatic rings. The number of aromatic nitrogens is 1. The lowest BCUT2D eigenvalue weighted by molar-refractivity contribution is 0.122. The number of nitrogen functional groups attached to an aromatic ring is 1. The zero-order valence-corrected chi connectivity index (χ0v) is 16.8. The van der Waals surface area contributed by atoms with Crippen LogP contribution in [0.4, 0.5) is 10.8 Å². The standard InChI is InChI=1S/C18H23N3O4S2/c1-12-17(26-18(19)20-12)13-8-14(21-3-6-24-7-4-21)10-16(9-13)27(22,23)15-2-5-25-11-15/h8-10,15H,2-7,11H2,1H3,(H2,19,20)/t15-/m0/s1. The first-order valence-electron chi connectivity index (χ1n) is 8.98. The molecule has 0 amide bonds. The number of aryl methyl sites for hydroxylation is 1. The Morgan fingerprint density at radius 2 is 1.96 bits per heavy atom. The minimum atomic E-state index is -3.47. The van der Waals surface area contributed by atoms with E-state index in [0.29, 0.717) is 36.3 Å². The molecule has 2 aromatic rings. The molecule has 4 rings (SSSR count). The number of ether oxygens (including phenoxy) is 2. The summed E-state index contributed by atoms with van der Waals surface area (Å²) >= 11 is 1.38. The molecular formula is C18H23N3O4S2. The van der Waals surface area contributed by atoms with Crippen LogP contribution < -0.4 is 10.6 Å². The van der Waals surface area contributed by atoms with Crippen molar-refractivity contribution in [1.29, 1.82) is 0 Å². The van der Waals surface area contributed by atoms with Gasteiger partial charge in [-0.15, -0.1) is 0 Å². The maximum absolute atomic E-state index is 13.2. The highest BCUT2D eigenvalue weighted by Gasteiger charge is 2.32. The van der Waals surface area contributed by atoms with Gasteiger partial charge in [0.05, 0.1) is 40.5 Å². The molecule has 2 aliphatic heterocycles. The van der Waals surface area contributed by atoms with E-state index in [1.165, 1.54) is 11.3 Å². The second kappa shape index (κ2) is 7.38. The fourth-order valence-corrected chi connectivity index (χ4v) is 5.98. The number of nitrogens with zero attached hydrogens (tertiary/aromatic N) is 2. The molecule has 2 N–H and O–H groups in total. The summed E-state index contributed by atoms with van der Waals surface area (Å²) in [5.41, 5.74) is 8.40. The predicted octanol–water partition coefficient (Wildman–Crippen LogP) is 2.10. The van der Waals surface area contributed by atoms with Crippen LogP contribution in [0.5, 0.6) is 0 Å². The Kier molecular flexibility index (Phi) is 5.11. The summed E-state index contributed by atoms with van der Waals surface area (Å²) in [5.74, 6) is 0. The summed E-state index contributed by atoms with van der Waals surface area (Å²) < 4.78 is 37.1. The van der Waals surface area contributed by atoms with Gasteiger partial charge in [-0.05, 0) is 37.1 Å². The molecule has 27 heavy (non-hydrogen) atoms. The van der Waals surface area contributed by atoms with Gasteiger partial charge in [0.15, 0.2) is 15.0 Å². The fourth-order valence-electron chi connectivity index (χ4n) is 3.52. The van der Waals surface area contributed by atoms with Gasteiger partial charge < -0.3 is 20.1 Å². The van der Waals surface area contributed by atoms with Crippen molar-refractivity contribution in [3.8, 4) is 10.4 Å². The average molecular weight is 410 g/mol. The summed E-state index contributed by atoms with van der Waals surface area (Å²) in [7, 11) is -3.47. The molecule has 9 heteroatoms. The van der Waals surface area contributed by atoms with E-state index in [-0.39, 0.29) is 6.61 Å². The molecule has 0 saturated carbocycles.